The fourth-order valence-corrected chi connectivity index (χ4v) is 1.13. The van der Waals surface area contributed by atoms with Crippen molar-refractivity contribution in [3.05, 3.63) is 16.4 Å². The number of rotatable bonds is 4. The van der Waals surface area contributed by atoms with Crippen molar-refractivity contribution in [3.63, 3.8) is 0 Å². The predicted octanol–water partition coefficient (Wildman–Crippen LogP) is 1.10. The Morgan fingerprint density at radius 1 is 1.62 bits per heavy atom. The van der Waals surface area contributed by atoms with Gasteiger partial charge in [-0.05, 0) is 12.8 Å². The molecule has 13 heavy (non-hydrogen) atoms. The first-order chi connectivity index (χ1) is 6.15. The Bertz CT molecular complexity index is 302. The molecule has 0 aromatic carbocycles. The van der Waals surface area contributed by atoms with Crippen molar-refractivity contribution in [1.29, 1.82) is 0 Å². The number of aromatic amines is 1. The monoisotopic (exact) mass is 186 g/mol. The lowest BCUT2D eigenvalue weighted by molar-refractivity contribution is 0.0217. The van der Waals surface area contributed by atoms with Crippen LogP contribution in [-0.2, 0) is 4.74 Å². The van der Waals surface area contributed by atoms with Gasteiger partial charge in [0, 0.05) is 6.61 Å². The number of H-pyrrole nitrogens is 1. The second kappa shape index (κ2) is 4.23. The van der Waals surface area contributed by atoms with Gasteiger partial charge in [0.25, 0.3) is 0 Å². The lowest BCUT2D eigenvalue weighted by atomic mass is 10.1. The molecule has 0 saturated carbocycles. The highest BCUT2D eigenvalue weighted by atomic mass is 16.5. The van der Waals surface area contributed by atoms with Crippen LogP contribution in [0.1, 0.15) is 32.7 Å². The fourth-order valence-electron chi connectivity index (χ4n) is 1.13. The maximum atomic E-state index is 10.7. The van der Waals surface area contributed by atoms with Crippen LogP contribution < -0.4 is 5.76 Å². The highest BCUT2D eigenvalue weighted by molar-refractivity contribution is 4.87. The van der Waals surface area contributed by atoms with E-state index in [0.717, 1.165) is 0 Å². The van der Waals surface area contributed by atoms with E-state index in [1.54, 1.807) is 0 Å². The molecule has 0 fully saturated rings. The lowest BCUT2D eigenvalue weighted by Crippen LogP contribution is -2.13. The van der Waals surface area contributed by atoms with E-state index in [2.05, 4.69) is 14.7 Å². The van der Waals surface area contributed by atoms with Crippen LogP contribution in [0, 0.1) is 5.92 Å². The van der Waals surface area contributed by atoms with Crippen LogP contribution in [0.2, 0.25) is 0 Å². The minimum Gasteiger partial charge on any atom is -0.370 e. The predicted molar refractivity (Wildman–Crippen MR) is 46.3 cm³/mol. The van der Waals surface area contributed by atoms with Crippen LogP contribution in [0.4, 0.5) is 0 Å². The van der Waals surface area contributed by atoms with Crippen LogP contribution >= 0.6 is 0 Å². The van der Waals surface area contributed by atoms with E-state index >= 15 is 0 Å². The summed E-state index contributed by atoms with van der Waals surface area (Å²) in [5.41, 5.74) is 0. The molecule has 0 saturated heterocycles. The number of aromatic nitrogens is 2. The topological polar surface area (TPSA) is 68.1 Å². The summed E-state index contributed by atoms with van der Waals surface area (Å²) < 4.78 is 9.81. The molecule has 1 heterocycles. The molecule has 1 atom stereocenters. The summed E-state index contributed by atoms with van der Waals surface area (Å²) in [4.78, 5) is 13.2. The van der Waals surface area contributed by atoms with Gasteiger partial charge in [-0.3, -0.25) is 9.51 Å². The second-order valence-corrected chi connectivity index (χ2v) is 3.10. The number of ether oxygens (including phenoxy) is 1. The maximum absolute atomic E-state index is 10.7. The van der Waals surface area contributed by atoms with Gasteiger partial charge in [0.1, 0.15) is 6.10 Å². The third-order valence-corrected chi connectivity index (χ3v) is 1.68. The maximum Gasteiger partial charge on any atom is 0.438 e. The number of hydrogen-bond donors (Lipinski definition) is 1. The summed E-state index contributed by atoms with van der Waals surface area (Å²) in [6, 6.07) is 0. The first-order valence-electron chi connectivity index (χ1n) is 4.32. The van der Waals surface area contributed by atoms with Gasteiger partial charge in [0.15, 0.2) is 5.82 Å². The van der Waals surface area contributed by atoms with Gasteiger partial charge in [-0.25, -0.2) is 4.79 Å². The Balaban J connectivity index is 2.81. The molecule has 74 valence electrons. The quantitative estimate of drug-likeness (QED) is 0.764. The van der Waals surface area contributed by atoms with Gasteiger partial charge in [0.2, 0.25) is 0 Å². The molecule has 1 rings (SSSR count). The van der Waals surface area contributed by atoms with E-state index in [1.165, 1.54) is 0 Å². The summed E-state index contributed by atoms with van der Waals surface area (Å²) >= 11 is 0. The summed E-state index contributed by atoms with van der Waals surface area (Å²) in [5.74, 6) is 0.169. The molecule has 0 aliphatic rings. The largest absolute Gasteiger partial charge is 0.438 e. The van der Waals surface area contributed by atoms with E-state index in [9.17, 15) is 4.79 Å². The Labute approximate surface area is 76.1 Å². The van der Waals surface area contributed by atoms with Crippen LogP contribution in [-0.4, -0.2) is 16.7 Å². The van der Waals surface area contributed by atoms with Crippen molar-refractivity contribution in [3.8, 4) is 0 Å². The average Bonchev–Trinajstić information content (AvgIpc) is 2.46. The van der Waals surface area contributed by atoms with Gasteiger partial charge >= 0.3 is 5.76 Å². The zero-order valence-electron chi connectivity index (χ0n) is 8.03. The Morgan fingerprint density at radius 2 is 2.31 bits per heavy atom. The molecular formula is C8H14N2O3. The molecule has 1 N–H and O–H groups in total. The Hall–Kier alpha value is -1.10. The molecule has 0 bridgehead atoms. The fraction of sp³-hybridized carbons (Fsp3) is 0.750. The molecule has 0 radical (unpaired) electrons. The molecule has 1 unspecified atom stereocenters. The van der Waals surface area contributed by atoms with Gasteiger partial charge in [-0.1, -0.05) is 19.0 Å². The SMILES string of the molecule is CCOC(c1noc(=O)[nH]1)C(C)C. The number of nitrogens with one attached hydrogen (secondary N) is 1. The summed E-state index contributed by atoms with van der Waals surface area (Å²) in [6.07, 6.45) is -0.198. The molecule has 0 aliphatic heterocycles. The molecule has 0 amide bonds. The molecule has 1 aromatic rings. The van der Waals surface area contributed by atoms with Gasteiger partial charge in [0.05, 0.1) is 0 Å². The Kier molecular flexibility index (Phi) is 3.25. The van der Waals surface area contributed by atoms with Crippen molar-refractivity contribution in [1.82, 2.24) is 10.1 Å². The van der Waals surface area contributed by atoms with E-state index < -0.39 is 5.76 Å². The van der Waals surface area contributed by atoms with Crippen molar-refractivity contribution in [2.45, 2.75) is 26.9 Å². The zero-order chi connectivity index (χ0) is 9.84. The van der Waals surface area contributed by atoms with Crippen molar-refractivity contribution in [2.75, 3.05) is 6.61 Å². The van der Waals surface area contributed by atoms with Gasteiger partial charge in [-0.15, -0.1) is 0 Å². The molecule has 5 heteroatoms. The van der Waals surface area contributed by atoms with Crippen LogP contribution in [0.3, 0.4) is 0 Å². The first-order valence-corrected chi connectivity index (χ1v) is 4.32. The van der Waals surface area contributed by atoms with Crippen LogP contribution in [0.5, 0.6) is 0 Å². The molecular weight excluding hydrogens is 172 g/mol. The third kappa shape index (κ3) is 2.42. The Morgan fingerprint density at radius 3 is 2.69 bits per heavy atom. The minimum atomic E-state index is -0.541. The second-order valence-electron chi connectivity index (χ2n) is 3.10. The van der Waals surface area contributed by atoms with Gasteiger partial charge in [-0.2, -0.15) is 0 Å². The van der Waals surface area contributed by atoms with E-state index in [1.807, 2.05) is 20.8 Å². The molecule has 5 nitrogen and oxygen atoms in total. The average molecular weight is 186 g/mol. The highest BCUT2D eigenvalue weighted by Gasteiger charge is 2.20. The van der Waals surface area contributed by atoms with E-state index in [-0.39, 0.29) is 12.0 Å². The number of nitrogens with zero attached hydrogens (tertiary/aromatic N) is 1. The summed E-state index contributed by atoms with van der Waals surface area (Å²) in [7, 11) is 0. The lowest BCUT2D eigenvalue weighted by Gasteiger charge is -2.16. The standard InChI is InChI=1S/C8H14N2O3/c1-4-12-6(5(2)3)7-9-8(11)13-10-7/h5-6H,4H2,1-3H3,(H,9,10,11). The molecule has 1 aromatic heterocycles. The normalized spacial score (nSPS) is 13.5. The van der Waals surface area contributed by atoms with Crippen molar-refractivity contribution in [2.24, 2.45) is 5.92 Å². The van der Waals surface area contributed by atoms with Crippen molar-refractivity contribution < 1.29 is 9.26 Å². The van der Waals surface area contributed by atoms with E-state index in [0.29, 0.717) is 12.4 Å². The molecule has 0 aliphatic carbocycles. The van der Waals surface area contributed by atoms with Gasteiger partial charge < -0.3 is 4.74 Å². The van der Waals surface area contributed by atoms with Crippen LogP contribution in [0.15, 0.2) is 9.32 Å². The zero-order valence-corrected chi connectivity index (χ0v) is 8.03. The third-order valence-electron chi connectivity index (χ3n) is 1.68. The highest BCUT2D eigenvalue weighted by Crippen LogP contribution is 2.21. The summed E-state index contributed by atoms with van der Waals surface area (Å²) in [5, 5.41) is 3.59. The summed E-state index contributed by atoms with van der Waals surface area (Å²) in [6.45, 7) is 6.46. The molecule has 0 spiro atoms. The first kappa shape index (κ1) is 9.98. The van der Waals surface area contributed by atoms with E-state index in [4.69, 9.17) is 4.74 Å². The van der Waals surface area contributed by atoms with Crippen molar-refractivity contribution >= 4 is 0 Å². The number of hydrogen-bond acceptors (Lipinski definition) is 4. The minimum absolute atomic E-state index is 0.198. The van der Waals surface area contributed by atoms with Crippen LogP contribution in [0.25, 0.3) is 0 Å². The smallest absolute Gasteiger partial charge is 0.370 e.